The first-order chi connectivity index (χ1) is 3.41. The average molecular weight is 126 g/mol. The van der Waals surface area contributed by atoms with Crippen LogP contribution in [0.15, 0.2) is 0 Å². The van der Waals surface area contributed by atoms with E-state index in [1.807, 2.05) is 0 Å². The molecule has 0 atom stereocenters. The smallest absolute Gasteiger partial charge is 0.197 e. The first-order valence-electron chi connectivity index (χ1n) is 1.48. The summed E-state index contributed by atoms with van der Waals surface area (Å²) in [4.78, 5) is 4.02. The second kappa shape index (κ2) is 6.19. The van der Waals surface area contributed by atoms with Crippen molar-refractivity contribution in [2.24, 2.45) is 0 Å². The minimum absolute atomic E-state index is 0.685. The van der Waals surface area contributed by atoms with Crippen molar-refractivity contribution in [3.63, 3.8) is 0 Å². The SMILES string of the molecule is COOOSOC. The zero-order chi connectivity index (χ0) is 5.54. The van der Waals surface area contributed by atoms with E-state index in [-0.39, 0.29) is 0 Å². The van der Waals surface area contributed by atoms with Gasteiger partial charge in [0.2, 0.25) is 0 Å². The summed E-state index contributed by atoms with van der Waals surface area (Å²) in [6.07, 6.45) is 0. The van der Waals surface area contributed by atoms with Gasteiger partial charge in [-0.2, -0.15) is 0 Å². The molecular weight excluding hydrogens is 120 g/mol. The molecule has 0 spiro atoms. The molecule has 0 aliphatic heterocycles. The lowest BCUT2D eigenvalue weighted by molar-refractivity contribution is -0.449. The Morgan fingerprint density at radius 1 is 1.29 bits per heavy atom. The van der Waals surface area contributed by atoms with Crippen molar-refractivity contribution >= 4 is 12.3 Å². The summed E-state index contributed by atoms with van der Waals surface area (Å²) in [6.45, 7) is 0. The van der Waals surface area contributed by atoms with E-state index in [0.717, 1.165) is 0 Å². The summed E-state index contributed by atoms with van der Waals surface area (Å²) >= 11 is 0.685. The fourth-order valence-electron chi connectivity index (χ4n) is 0.0669. The van der Waals surface area contributed by atoms with Gasteiger partial charge in [-0.05, 0) is 0 Å². The van der Waals surface area contributed by atoms with E-state index in [1.54, 1.807) is 0 Å². The second-order valence-corrected chi connectivity index (χ2v) is 1.14. The highest BCUT2D eigenvalue weighted by molar-refractivity contribution is 7.89. The minimum atomic E-state index is 0.685. The van der Waals surface area contributed by atoms with Crippen LogP contribution < -0.4 is 0 Å². The number of hydrogen-bond acceptors (Lipinski definition) is 5. The second-order valence-electron chi connectivity index (χ2n) is 0.537. The summed E-state index contributed by atoms with van der Waals surface area (Å²) in [7, 11) is 2.78. The van der Waals surface area contributed by atoms with Gasteiger partial charge in [0.1, 0.15) is 0 Å². The number of rotatable bonds is 4. The molecular formula is C2H6O4S. The van der Waals surface area contributed by atoms with Gasteiger partial charge in [-0.3, -0.25) is 4.18 Å². The van der Waals surface area contributed by atoms with Gasteiger partial charge in [-0.1, -0.05) is 5.04 Å². The van der Waals surface area contributed by atoms with E-state index < -0.39 is 0 Å². The Morgan fingerprint density at radius 3 is 2.43 bits per heavy atom. The maximum absolute atomic E-state index is 4.33. The normalized spacial score (nSPS) is 9.43. The highest BCUT2D eigenvalue weighted by Crippen LogP contribution is 2.00. The van der Waals surface area contributed by atoms with Crippen LogP contribution in [0, 0.1) is 0 Å². The lowest BCUT2D eigenvalue weighted by atomic mass is 11.8. The molecule has 0 aromatic heterocycles. The third-order valence-corrected chi connectivity index (χ3v) is 0.439. The highest BCUT2D eigenvalue weighted by atomic mass is 32.2. The van der Waals surface area contributed by atoms with Gasteiger partial charge >= 0.3 is 0 Å². The molecule has 0 aromatic rings. The summed E-state index contributed by atoms with van der Waals surface area (Å²) in [6, 6.07) is 0. The zero-order valence-corrected chi connectivity index (χ0v) is 4.86. The summed E-state index contributed by atoms with van der Waals surface area (Å²) < 4.78 is 8.44. The molecule has 0 heterocycles. The monoisotopic (exact) mass is 126 g/mol. The molecule has 0 saturated carbocycles. The van der Waals surface area contributed by atoms with Crippen molar-refractivity contribution in [3.8, 4) is 0 Å². The lowest BCUT2D eigenvalue weighted by Gasteiger charge is -1.91. The van der Waals surface area contributed by atoms with Crippen LogP contribution in [0.1, 0.15) is 0 Å². The molecule has 0 bridgehead atoms. The van der Waals surface area contributed by atoms with Crippen LogP contribution in [0.4, 0.5) is 0 Å². The summed E-state index contributed by atoms with van der Waals surface area (Å²) in [5, 5.41) is 3.91. The van der Waals surface area contributed by atoms with Gasteiger partial charge in [0, 0.05) is 0 Å². The standard InChI is InChI=1S/C2H6O4S/c1-3-5-6-7-4-2/h1-2H3. The van der Waals surface area contributed by atoms with E-state index in [1.165, 1.54) is 14.2 Å². The van der Waals surface area contributed by atoms with Gasteiger partial charge in [0.15, 0.2) is 12.3 Å². The molecule has 0 saturated heterocycles. The number of hydrogen-bond donors (Lipinski definition) is 0. The Kier molecular flexibility index (Phi) is 6.36. The fraction of sp³-hybridized carbons (Fsp3) is 1.00. The molecule has 0 fully saturated rings. The topological polar surface area (TPSA) is 36.9 Å². The largest absolute Gasteiger partial charge is 0.293 e. The Labute approximate surface area is 46.0 Å². The van der Waals surface area contributed by atoms with Gasteiger partial charge in [-0.25, -0.2) is 4.89 Å². The van der Waals surface area contributed by atoms with Gasteiger partial charge < -0.3 is 0 Å². The Bertz CT molecular complexity index is 28.9. The van der Waals surface area contributed by atoms with Crippen LogP contribution in [-0.2, 0) is 18.4 Å². The van der Waals surface area contributed by atoms with E-state index in [0.29, 0.717) is 12.3 Å². The molecule has 4 nitrogen and oxygen atoms in total. The van der Waals surface area contributed by atoms with Crippen LogP contribution in [0.3, 0.4) is 0 Å². The lowest BCUT2D eigenvalue weighted by Crippen LogP contribution is -1.83. The van der Waals surface area contributed by atoms with Gasteiger partial charge in [0.25, 0.3) is 0 Å². The van der Waals surface area contributed by atoms with Crippen molar-refractivity contribution < 1.29 is 18.4 Å². The van der Waals surface area contributed by atoms with Crippen LogP contribution in [-0.4, -0.2) is 14.2 Å². The molecule has 0 rings (SSSR count). The maximum Gasteiger partial charge on any atom is 0.197 e. The van der Waals surface area contributed by atoms with Crippen LogP contribution in [0.5, 0.6) is 0 Å². The van der Waals surface area contributed by atoms with Crippen molar-refractivity contribution in [1.82, 2.24) is 0 Å². The predicted octanol–water partition coefficient (Wildman–Crippen LogP) is 0.706. The minimum Gasteiger partial charge on any atom is -0.293 e. The Balaban J connectivity index is 2.45. The molecule has 0 aliphatic carbocycles. The van der Waals surface area contributed by atoms with Crippen molar-refractivity contribution in [2.75, 3.05) is 14.2 Å². The molecule has 0 aliphatic rings. The van der Waals surface area contributed by atoms with E-state index >= 15 is 0 Å². The fourth-order valence-corrected chi connectivity index (χ4v) is 0.201. The predicted molar refractivity (Wildman–Crippen MR) is 23.8 cm³/mol. The molecule has 7 heavy (non-hydrogen) atoms. The molecule has 5 heteroatoms. The third kappa shape index (κ3) is 6.19. The first-order valence-corrected chi connectivity index (χ1v) is 2.15. The van der Waals surface area contributed by atoms with Crippen LogP contribution in [0.2, 0.25) is 0 Å². The third-order valence-electron chi connectivity index (χ3n) is 0.192. The molecule has 0 N–H and O–H groups in total. The molecule has 0 aromatic carbocycles. The maximum atomic E-state index is 4.33. The average Bonchev–Trinajstić information content (AvgIpc) is 1.69. The Hall–Kier alpha value is 0.190. The van der Waals surface area contributed by atoms with Crippen molar-refractivity contribution in [1.29, 1.82) is 0 Å². The zero-order valence-electron chi connectivity index (χ0n) is 4.04. The van der Waals surface area contributed by atoms with E-state index in [4.69, 9.17) is 0 Å². The summed E-state index contributed by atoms with van der Waals surface area (Å²) in [5.74, 6) is 0. The Morgan fingerprint density at radius 2 is 2.00 bits per heavy atom. The summed E-state index contributed by atoms with van der Waals surface area (Å²) in [5.41, 5.74) is 0. The van der Waals surface area contributed by atoms with Crippen LogP contribution in [0.25, 0.3) is 0 Å². The first kappa shape index (κ1) is 7.19. The van der Waals surface area contributed by atoms with Crippen molar-refractivity contribution in [3.05, 3.63) is 0 Å². The van der Waals surface area contributed by atoms with Gasteiger partial charge in [-0.15, -0.1) is 4.33 Å². The quantitative estimate of drug-likeness (QED) is 0.240. The van der Waals surface area contributed by atoms with E-state index in [9.17, 15) is 0 Å². The highest BCUT2D eigenvalue weighted by Gasteiger charge is 1.81. The van der Waals surface area contributed by atoms with Crippen LogP contribution >= 0.6 is 12.3 Å². The molecule has 0 unspecified atom stereocenters. The van der Waals surface area contributed by atoms with Crippen molar-refractivity contribution in [2.45, 2.75) is 0 Å². The molecule has 0 amide bonds. The van der Waals surface area contributed by atoms with E-state index in [2.05, 4.69) is 18.4 Å². The molecule has 0 radical (unpaired) electrons. The van der Waals surface area contributed by atoms with Gasteiger partial charge in [0.05, 0.1) is 14.2 Å². The molecule has 44 valence electrons.